The van der Waals surface area contributed by atoms with Gasteiger partial charge in [0.25, 0.3) is 11.7 Å². The highest BCUT2D eigenvalue weighted by molar-refractivity contribution is 9.10. The molecule has 1 atom stereocenters. The highest BCUT2D eigenvalue weighted by Gasteiger charge is 2.47. The van der Waals surface area contributed by atoms with E-state index >= 15 is 0 Å². The molecule has 1 aliphatic rings. The van der Waals surface area contributed by atoms with E-state index in [1.54, 1.807) is 37.3 Å². The second-order valence-corrected chi connectivity index (χ2v) is 7.50. The highest BCUT2D eigenvalue weighted by atomic mass is 79.9. The number of aliphatic hydroxyl groups excluding tert-OH is 1. The van der Waals surface area contributed by atoms with Gasteiger partial charge in [0.2, 0.25) is 0 Å². The zero-order chi connectivity index (χ0) is 20.4. The van der Waals surface area contributed by atoms with Crippen LogP contribution in [0.3, 0.4) is 0 Å². The van der Waals surface area contributed by atoms with Gasteiger partial charge >= 0.3 is 0 Å². The Morgan fingerprint density at radius 3 is 2.61 bits per heavy atom. The number of unbranched alkanes of at least 4 members (excludes halogenated alkanes) is 1. The van der Waals surface area contributed by atoms with E-state index in [-0.39, 0.29) is 11.3 Å². The summed E-state index contributed by atoms with van der Waals surface area (Å²) in [5.41, 5.74) is 0.446. The van der Waals surface area contributed by atoms with Gasteiger partial charge in [-0.3, -0.25) is 9.59 Å². The van der Waals surface area contributed by atoms with E-state index in [4.69, 9.17) is 9.15 Å². The fraction of sp³-hybridized carbons (Fsp3) is 0.333. The molecule has 1 aromatic heterocycles. The lowest BCUT2D eigenvalue weighted by atomic mass is 9.99. The average molecular weight is 448 g/mol. The molecular weight excluding hydrogens is 426 g/mol. The third-order valence-electron chi connectivity index (χ3n) is 4.75. The number of hydrogen-bond donors (Lipinski definition) is 1. The number of methoxy groups -OCH3 is 1. The zero-order valence-electron chi connectivity index (χ0n) is 16.0. The van der Waals surface area contributed by atoms with Gasteiger partial charge in [0.1, 0.15) is 29.1 Å². The molecule has 1 aromatic carbocycles. The van der Waals surface area contributed by atoms with Gasteiger partial charge < -0.3 is 19.2 Å². The van der Waals surface area contributed by atoms with Crippen molar-refractivity contribution in [3.63, 3.8) is 0 Å². The third-order valence-corrected chi connectivity index (χ3v) is 5.37. The van der Waals surface area contributed by atoms with Crippen molar-refractivity contribution in [2.24, 2.45) is 0 Å². The SMILES string of the molecule is CCCCN1C(=O)C(=O)/C(=C(\O)c2ccc(OC)c(Br)c2)C1c1ccc(C)o1. The Bertz CT molecular complexity index is 946. The number of Topliss-reactive ketones (excluding diaryl/α,β-unsaturated/α-hetero) is 1. The molecule has 2 heterocycles. The van der Waals surface area contributed by atoms with Crippen LogP contribution in [-0.4, -0.2) is 35.4 Å². The normalized spacial score (nSPS) is 18.7. The first-order chi connectivity index (χ1) is 13.4. The maximum atomic E-state index is 12.8. The number of aliphatic hydroxyl groups is 1. The number of ketones is 1. The van der Waals surface area contributed by atoms with Gasteiger partial charge in [0, 0.05) is 12.1 Å². The third kappa shape index (κ3) is 3.58. The van der Waals surface area contributed by atoms with E-state index in [1.165, 1.54) is 12.0 Å². The largest absolute Gasteiger partial charge is 0.507 e. The van der Waals surface area contributed by atoms with Crippen molar-refractivity contribution in [2.75, 3.05) is 13.7 Å². The fourth-order valence-electron chi connectivity index (χ4n) is 3.30. The summed E-state index contributed by atoms with van der Waals surface area (Å²) in [6, 6.07) is 7.74. The van der Waals surface area contributed by atoms with Gasteiger partial charge in [0.15, 0.2) is 0 Å². The van der Waals surface area contributed by atoms with Crippen LogP contribution in [0, 0.1) is 6.92 Å². The molecule has 148 valence electrons. The van der Waals surface area contributed by atoms with Crippen LogP contribution < -0.4 is 4.74 Å². The number of ether oxygens (including phenoxy) is 1. The van der Waals surface area contributed by atoms with Crippen molar-refractivity contribution in [2.45, 2.75) is 32.7 Å². The van der Waals surface area contributed by atoms with E-state index in [2.05, 4.69) is 15.9 Å². The molecule has 2 aromatic rings. The number of amides is 1. The van der Waals surface area contributed by atoms with Gasteiger partial charge in [0.05, 0.1) is 17.2 Å². The van der Waals surface area contributed by atoms with Crippen molar-refractivity contribution < 1.29 is 23.8 Å². The summed E-state index contributed by atoms with van der Waals surface area (Å²) in [5.74, 6) is 0.157. The number of carbonyl (C=O) groups excluding carboxylic acids is 2. The summed E-state index contributed by atoms with van der Waals surface area (Å²) < 4.78 is 11.6. The monoisotopic (exact) mass is 447 g/mol. The standard InChI is InChI=1S/C21H22BrNO5/c1-4-5-10-23-18(16-8-6-12(2)28-16)17(20(25)21(23)26)19(24)13-7-9-15(27-3)14(22)11-13/h6-9,11,18,24H,4-5,10H2,1-3H3/b19-17-. The van der Waals surface area contributed by atoms with Crippen molar-refractivity contribution in [3.8, 4) is 5.75 Å². The molecule has 0 aliphatic carbocycles. The Labute approximate surface area is 171 Å². The molecule has 0 saturated carbocycles. The molecule has 28 heavy (non-hydrogen) atoms. The van der Waals surface area contributed by atoms with Crippen molar-refractivity contribution >= 4 is 33.4 Å². The second kappa shape index (κ2) is 8.22. The number of furan rings is 1. The minimum absolute atomic E-state index is 0.0347. The molecule has 7 heteroatoms. The first-order valence-electron chi connectivity index (χ1n) is 9.07. The Morgan fingerprint density at radius 1 is 1.29 bits per heavy atom. The first-order valence-corrected chi connectivity index (χ1v) is 9.87. The van der Waals surface area contributed by atoms with Crippen LogP contribution in [0.2, 0.25) is 0 Å². The molecule has 0 radical (unpaired) electrons. The zero-order valence-corrected chi connectivity index (χ0v) is 17.6. The van der Waals surface area contributed by atoms with Gasteiger partial charge in [-0.1, -0.05) is 13.3 Å². The lowest BCUT2D eigenvalue weighted by molar-refractivity contribution is -0.140. The number of rotatable bonds is 6. The predicted octanol–water partition coefficient (Wildman–Crippen LogP) is 4.58. The lowest BCUT2D eigenvalue weighted by Crippen LogP contribution is -2.30. The smallest absolute Gasteiger partial charge is 0.295 e. The Hall–Kier alpha value is -2.54. The van der Waals surface area contributed by atoms with Crippen LogP contribution in [0.15, 0.2) is 44.8 Å². The molecule has 0 bridgehead atoms. The molecule has 1 aliphatic heterocycles. The minimum Gasteiger partial charge on any atom is -0.507 e. The molecule has 1 saturated heterocycles. The first kappa shape index (κ1) is 20.2. The van der Waals surface area contributed by atoms with Crippen LogP contribution in [-0.2, 0) is 9.59 Å². The van der Waals surface area contributed by atoms with Crippen LogP contribution in [0.25, 0.3) is 5.76 Å². The van der Waals surface area contributed by atoms with Crippen LogP contribution in [0.1, 0.15) is 42.9 Å². The van der Waals surface area contributed by atoms with Crippen LogP contribution in [0.5, 0.6) is 5.75 Å². The molecule has 6 nitrogen and oxygen atoms in total. The van der Waals surface area contributed by atoms with Gasteiger partial charge in [-0.05, 0) is 59.6 Å². The van der Waals surface area contributed by atoms with Crippen molar-refractivity contribution in [1.29, 1.82) is 0 Å². The number of nitrogens with zero attached hydrogens (tertiary/aromatic N) is 1. The summed E-state index contributed by atoms with van der Waals surface area (Å²) >= 11 is 3.38. The number of halogens is 1. The molecule has 3 rings (SSSR count). The number of hydrogen-bond acceptors (Lipinski definition) is 5. The Balaban J connectivity index is 2.14. The van der Waals surface area contributed by atoms with E-state index in [0.29, 0.717) is 33.9 Å². The number of benzene rings is 1. The summed E-state index contributed by atoms with van der Waals surface area (Å²) in [6.07, 6.45) is 1.62. The van der Waals surface area contributed by atoms with Gasteiger partial charge in [-0.2, -0.15) is 0 Å². The number of carbonyl (C=O) groups is 2. The molecule has 1 unspecified atom stereocenters. The van der Waals surface area contributed by atoms with Crippen LogP contribution >= 0.6 is 15.9 Å². The molecule has 1 amide bonds. The maximum Gasteiger partial charge on any atom is 0.295 e. The summed E-state index contributed by atoms with van der Waals surface area (Å²) in [5, 5.41) is 11.0. The van der Waals surface area contributed by atoms with Gasteiger partial charge in [-0.25, -0.2) is 0 Å². The van der Waals surface area contributed by atoms with Crippen molar-refractivity contribution in [3.05, 3.63) is 57.5 Å². The van der Waals surface area contributed by atoms with Gasteiger partial charge in [-0.15, -0.1) is 0 Å². The van der Waals surface area contributed by atoms with E-state index in [1.807, 2.05) is 6.92 Å². The minimum atomic E-state index is -0.749. The predicted molar refractivity (Wildman–Crippen MR) is 108 cm³/mol. The summed E-state index contributed by atoms with van der Waals surface area (Å²) in [4.78, 5) is 27.0. The topological polar surface area (TPSA) is 80.0 Å². The van der Waals surface area contributed by atoms with E-state index < -0.39 is 17.7 Å². The van der Waals surface area contributed by atoms with E-state index in [9.17, 15) is 14.7 Å². The molecule has 1 fully saturated rings. The van der Waals surface area contributed by atoms with E-state index in [0.717, 1.165) is 12.8 Å². The fourth-order valence-corrected chi connectivity index (χ4v) is 3.85. The second-order valence-electron chi connectivity index (χ2n) is 6.64. The number of aryl methyl sites for hydroxylation is 1. The lowest BCUT2D eigenvalue weighted by Gasteiger charge is -2.23. The maximum absolute atomic E-state index is 12.8. The molecule has 1 N–H and O–H groups in total. The quantitative estimate of drug-likeness (QED) is 0.398. The summed E-state index contributed by atoms with van der Waals surface area (Å²) in [7, 11) is 1.54. The molecule has 0 spiro atoms. The Kier molecular flexibility index (Phi) is 5.93. The Morgan fingerprint density at radius 2 is 2.04 bits per heavy atom. The molecular formula is C21H22BrNO5. The highest BCUT2D eigenvalue weighted by Crippen LogP contribution is 2.40. The van der Waals surface area contributed by atoms with Crippen molar-refractivity contribution in [1.82, 2.24) is 4.90 Å². The summed E-state index contributed by atoms with van der Waals surface area (Å²) in [6.45, 7) is 4.22. The number of likely N-dealkylation sites (tertiary alicyclic amines) is 1. The average Bonchev–Trinajstić information content (AvgIpc) is 3.21. The van der Waals surface area contributed by atoms with Crippen LogP contribution in [0.4, 0.5) is 0 Å².